The number of nitrogens with zero attached hydrogens (tertiary/aromatic N) is 3. The maximum atomic E-state index is 13.3. The van der Waals surface area contributed by atoms with Crippen LogP contribution in [0.5, 0.6) is 0 Å². The molecule has 0 bridgehead atoms. The van der Waals surface area contributed by atoms with Crippen molar-refractivity contribution in [3.63, 3.8) is 0 Å². The number of benzene rings is 1. The smallest absolute Gasteiger partial charge is 0.123 e. The summed E-state index contributed by atoms with van der Waals surface area (Å²) in [5.41, 5.74) is 4.87. The molecule has 1 aromatic carbocycles. The summed E-state index contributed by atoms with van der Waals surface area (Å²) in [7, 11) is 0. The van der Waals surface area contributed by atoms with Gasteiger partial charge in [0.1, 0.15) is 11.5 Å². The molecule has 4 rings (SSSR count). The lowest BCUT2D eigenvalue weighted by Crippen LogP contribution is -2.25. The van der Waals surface area contributed by atoms with Crippen molar-refractivity contribution in [1.29, 1.82) is 0 Å². The highest BCUT2D eigenvalue weighted by Crippen LogP contribution is 2.36. The normalized spacial score (nSPS) is 17.0. The monoisotopic (exact) mass is 309 g/mol. The van der Waals surface area contributed by atoms with E-state index in [0.717, 1.165) is 28.1 Å². The van der Waals surface area contributed by atoms with Crippen molar-refractivity contribution in [3.8, 4) is 22.4 Å². The van der Waals surface area contributed by atoms with Crippen molar-refractivity contribution >= 4 is 0 Å². The number of pyridine rings is 1. The van der Waals surface area contributed by atoms with E-state index in [1.807, 2.05) is 23.7 Å². The van der Waals surface area contributed by atoms with E-state index in [2.05, 4.69) is 4.98 Å². The van der Waals surface area contributed by atoms with E-state index in [1.165, 1.54) is 12.1 Å². The Kier molecular flexibility index (Phi) is 3.42. The first-order chi connectivity index (χ1) is 11.2. The molecule has 0 saturated carbocycles. The largest absolute Gasteiger partial charge is 0.370 e. The second-order valence-electron chi connectivity index (χ2n) is 5.72. The third-order valence-corrected chi connectivity index (χ3v) is 4.08. The molecule has 2 aromatic heterocycles. The van der Waals surface area contributed by atoms with Gasteiger partial charge in [-0.05, 0) is 48.9 Å². The van der Waals surface area contributed by atoms with Crippen LogP contribution in [0.4, 0.5) is 4.39 Å². The predicted molar refractivity (Wildman–Crippen MR) is 85.1 cm³/mol. The lowest BCUT2D eigenvalue weighted by molar-refractivity contribution is 0.0128. The molecule has 4 nitrogen and oxygen atoms in total. The lowest BCUT2D eigenvalue weighted by Gasteiger charge is -2.21. The zero-order chi connectivity index (χ0) is 15.8. The second kappa shape index (κ2) is 5.59. The van der Waals surface area contributed by atoms with Gasteiger partial charge in [0, 0.05) is 23.5 Å². The molecule has 116 valence electrons. The van der Waals surface area contributed by atoms with Gasteiger partial charge in [-0.25, -0.2) is 4.39 Å². The van der Waals surface area contributed by atoms with Crippen LogP contribution >= 0.6 is 0 Å². The van der Waals surface area contributed by atoms with Crippen molar-refractivity contribution in [2.24, 2.45) is 0 Å². The molecule has 1 aliphatic heterocycles. The molecule has 0 N–H and O–H groups in total. The van der Waals surface area contributed by atoms with E-state index >= 15 is 0 Å². The molecular weight excluding hydrogens is 293 g/mol. The number of fused-ring (bicyclic) bond motifs is 1. The molecule has 0 fully saturated rings. The average molecular weight is 309 g/mol. The second-order valence-corrected chi connectivity index (χ2v) is 5.72. The average Bonchev–Trinajstić information content (AvgIpc) is 2.94. The number of hydrogen-bond acceptors (Lipinski definition) is 3. The topological polar surface area (TPSA) is 39.9 Å². The molecule has 23 heavy (non-hydrogen) atoms. The minimum atomic E-state index is -0.250. The third kappa shape index (κ3) is 2.53. The number of aromatic nitrogens is 3. The van der Waals surface area contributed by atoms with Crippen molar-refractivity contribution < 1.29 is 9.13 Å². The van der Waals surface area contributed by atoms with Gasteiger partial charge < -0.3 is 4.74 Å². The van der Waals surface area contributed by atoms with E-state index < -0.39 is 0 Å². The van der Waals surface area contributed by atoms with Crippen molar-refractivity contribution in [1.82, 2.24) is 14.8 Å². The number of rotatable bonds is 2. The van der Waals surface area contributed by atoms with Crippen molar-refractivity contribution in [3.05, 3.63) is 60.3 Å². The van der Waals surface area contributed by atoms with Crippen molar-refractivity contribution in [2.75, 3.05) is 0 Å². The van der Waals surface area contributed by atoms with Gasteiger partial charge in [0.2, 0.25) is 0 Å². The zero-order valence-corrected chi connectivity index (χ0v) is 12.7. The molecule has 0 aliphatic carbocycles. The van der Waals surface area contributed by atoms with E-state index in [0.29, 0.717) is 13.2 Å². The molecule has 0 saturated heterocycles. The summed E-state index contributed by atoms with van der Waals surface area (Å²) in [5, 5.41) is 4.77. The van der Waals surface area contributed by atoms with Gasteiger partial charge in [-0.15, -0.1) is 0 Å². The van der Waals surface area contributed by atoms with Crippen molar-refractivity contribution in [2.45, 2.75) is 26.2 Å². The van der Waals surface area contributed by atoms with Crippen LogP contribution in [0, 0.1) is 5.82 Å². The number of halogens is 1. The van der Waals surface area contributed by atoms with Gasteiger partial charge >= 0.3 is 0 Å². The summed E-state index contributed by atoms with van der Waals surface area (Å²) in [4.78, 5) is 4.09. The predicted octanol–water partition coefficient (Wildman–Crippen LogP) is 3.67. The van der Waals surface area contributed by atoms with Gasteiger partial charge in [0.15, 0.2) is 0 Å². The van der Waals surface area contributed by atoms with Gasteiger partial charge in [-0.3, -0.25) is 9.67 Å². The van der Waals surface area contributed by atoms with Gasteiger partial charge in [-0.2, -0.15) is 5.10 Å². The Balaban J connectivity index is 1.93. The van der Waals surface area contributed by atoms with Crippen LogP contribution in [-0.2, 0) is 17.9 Å². The van der Waals surface area contributed by atoms with Crippen LogP contribution in [-0.4, -0.2) is 20.9 Å². The minimum Gasteiger partial charge on any atom is -0.370 e. The van der Waals surface area contributed by atoms with Gasteiger partial charge in [0.05, 0.1) is 24.9 Å². The summed E-state index contributed by atoms with van der Waals surface area (Å²) in [6, 6.07) is 10.4. The minimum absolute atomic E-state index is 0.133. The number of hydrogen-bond donors (Lipinski definition) is 0. The fourth-order valence-electron chi connectivity index (χ4n) is 2.94. The lowest BCUT2D eigenvalue weighted by atomic mass is 9.99. The van der Waals surface area contributed by atoms with Crippen LogP contribution in [0.2, 0.25) is 0 Å². The Morgan fingerprint density at radius 3 is 2.57 bits per heavy atom. The molecule has 3 aromatic rings. The highest BCUT2D eigenvalue weighted by Gasteiger charge is 2.25. The summed E-state index contributed by atoms with van der Waals surface area (Å²) in [6.45, 7) is 3.27. The van der Waals surface area contributed by atoms with E-state index in [-0.39, 0.29) is 11.9 Å². The molecule has 0 radical (unpaired) electrons. The Hall–Kier alpha value is -2.53. The third-order valence-electron chi connectivity index (χ3n) is 4.08. The zero-order valence-electron chi connectivity index (χ0n) is 12.7. The molecule has 3 heterocycles. The molecule has 5 heteroatoms. The number of ether oxygens (including phenoxy) is 1. The fourth-order valence-corrected chi connectivity index (χ4v) is 2.94. The summed E-state index contributed by atoms with van der Waals surface area (Å²) in [6.07, 6.45) is 3.66. The Morgan fingerprint density at radius 2 is 1.83 bits per heavy atom. The first-order valence-corrected chi connectivity index (χ1v) is 7.60. The van der Waals surface area contributed by atoms with Crippen LogP contribution in [0.25, 0.3) is 22.4 Å². The summed E-state index contributed by atoms with van der Waals surface area (Å²) in [5.74, 6) is -0.250. The first kappa shape index (κ1) is 14.1. The maximum absolute atomic E-state index is 13.3. The fraction of sp³-hybridized carbons (Fsp3) is 0.222. The standard InChI is InChI=1S/C18H16FN3O/c1-12-10-22-16(11-23-12)17(13-6-8-20-9-7-13)18(21-22)14-2-4-15(19)5-3-14/h2-9,12H,10-11H2,1H3/t12-/m1/s1. The van der Waals surface area contributed by atoms with E-state index in [9.17, 15) is 4.39 Å². The summed E-state index contributed by atoms with van der Waals surface area (Å²) >= 11 is 0. The molecular formula is C18H16FN3O. The van der Waals surface area contributed by atoms with Crippen LogP contribution in [0.15, 0.2) is 48.8 Å². The Labute approximate surface area is 133 Å². The quantitative estimate of drug-likeness (QED) is 0.725. The Morgan fingerprint density at radius 1 is 1.09 bits per heavy atom. The Bertz CT molecular complexity index is 827. The van der Waals surface area contributed by atoms with Gasteiger partial charge in [-0.1, -0.05) is 0 Å². The highest BCUT2D eigenvalue weighted by atomic mass is 19.1. The SMILES string of the molecule is C[C@@H]1Cn2nc(-c3ccc(F)cc3)c(-c3ccncc3)c2CO1. The molecule has 0 unspecified atom stereocenters. The van der Waals surface area contributed by atoms with E-state index in [1.54, 1.807) is 24.5 Å². The highest BCUT2D eigenvalue weighted by molar-refractivity contribution is 5.82. The van der Waals surface area contributed by atoms with Gasteiger partial charge in [0.25, 0.3) is 0 Å². The maximum Gasteiger partial charge on any atom is 0.123 e. The molecule has 1 aliphatic rings. The van der Waals surface area contributed by atoms with E-state index in [4.69, 9.17) is 9.84 Å². The molecule has 1 atom stereocenters. The summed E-state index contributed by atoms with van der Waals surface area (Å²) < 4.78 is 21.1. The molecule has 0 spiro atoms. The molecule has 0 amide bonds. The van der Waals surface area contributed by atoms with Crippen LogP contribution in [0.1, 0.15) is 12.6 Å². The van der Waals surface area contributed by atoms with Crippen LogP contribution in [0.3, 0.4) is 0 Å². The van der Waals surface area contributed by atoms with Crippen LogP contribution < -0.4 is 0 Å². The first-order valence-electron chi connectivity index (χ1n) is 7.60.